The number of ether oxygens (including phenoxy) is 1. The number of fused-ring (bicyclic) bond motifs is 1. The molecule has 180 valence electrons. The van der Waals surface area contributed by atoms with Crippen LogP contribution in [0.4, 0.5) is 15.5 Å². The van der Waals surface area contributed by atoms with Crippen molar-refractivity contribution in [1.29, 1.82) is 0 Å². The molecule has 1 aromatic carbocycles. The van der Waals surface area contributed by atoms with E-state index in [1.54, 1.807) is 19.2 Å². The number of urea groups is 1. The summed E-state index contributed by atoms with van der Waals surface area (Å²) in [6.45, 7) is 0.669. The molecular weight excluding hydrogens is 452 g/mol. The van der Waals surface area contributed by atoms with Crippen LogP contribution in [-0.2, 0) is 17.6 Å². The molecule has 3 aliphatic carbocycles. The van der Waals surface area contributed by atoms with Gasteiger partial charge in [0.25, 0.3) is 5.91 Å². The zero-order valence-corrected chi connectivity index (χ0v) is 20.1. The zero-order valence-electron chi connectivity index (χ0n) is 19.2. The van der Waals surface area contributed by atoms with Crippen LogP contribution in [0.2, 0.25) is 0 Å². The summed E-state index contributed by atoms with van der Waals surface area (Å²) in [6.07, 6.45) is 6.20. The lowest BCUT2D eigenvalue weighted by Gasteiger charge is -2.24. The summed E-state index contributed by atoms with van der Waals surface area (Å²) in [5.41, 5.74) is 2.12. The summed E-state index contributed by atoms with van der Waals surface area (Å²) in [5.74, 6) is 1.09. The number of hydrogen-bond donors (Lipinski definition) is 4. The van der Waals surface area contributed by atoms with Crippen molar-refractivity contribution >= 4 is 39.9 Å². The first-order valence-electron chi connectivity index (χ1n) is 12.0. The van der Waals surface area contributed by atoms with Crippen LogP contribution in [0, 0.1) is 11.8 Å². The molecule has 8 nitrogen and oxygen atoms in total. The van der Waals surface area contributed by atoms with E-state index in [1.165, 1.54) is 11.3 Å². The Hall–Kier alpha value is -3.07. The fraction of sp³-hybridized carbons (Fsp3) is 0.480. The largest absolute Gasteiger partial charge is 0.495 e. The molecule has 2 aromatic rings. The first-order valence-corrected chi connectivity index (χ1v) is 12.8. The molecule has 0 spiro atoms. The van der Waals surface area contributed by atoms with Gasteiger partial charge in [-0.15, -0.1) is 11.3 Å². The van der Waals surface area contributed by atoms with E-state index >= 15 is 0 Å². The van der Waals surface area contributed by atoms with Crippen molar-refractivity contribution < 1.29 is 19.1 Å². The van der Waals surface area contributed by atoms with Crippen LogP contribution in [0.25, 0.3) is 0 Å². The number of benzene rings is 1. The number of hydrogen-bond acceptors (Lipinski definition) is 5. The van der Waals surface area contributed by atoms with E-state index in [0.29, 0.717) is 40.9 Å². The Bertz CT molecular complexity index is 1110. The van der Waals surface area contributed by atoms with E-state index in [4.69, 9.17) is 4.74 Å². The summed E-state index contributed by atoms with van der Waals surface area (Å²) >= 11 is 1.50. The highest BCUT2D eigenvalue weighted by atomic mass is 32.1. The van der Waals surface area contributed by atoms with Gasteiger partial charge in [0.05, 0.1) is 18.4 Å². The van der Waals surface area contributed by atoms with Gasteiger partial charge in [0.15, 0.2) is 0 Å². The number of methoxy groups -OCH3 is 1. The summed E-state index contributed by atoms with van der Waals surface area (Å²) in [5, 5.41) is 12.6. The van der Waals surface area contributed by atoms with Gasteiger partial charge in [0, 0.05) is 23.4 Å². The van der Waals surface area contributed by atoms with E-state index in [2.05, 4.69) is 21.3 Å². The Labute approximate surface area is 202 Å². The minimum absolute atomic E-state index is 0.000649. The molecule has 5 rings (SSSR count). The fourth-order valence-electron chi connectivity index (χ4n) is 4.33. The average molecular weight is 483 g/mol. The number of anilines is 2. The number of carbonyl (C=O) groups is 3. The molecule has 0 radical (unpaired) electrons. The van der Waals surface area contributed by atoms with E-state index in [9.17, 15) is 14.4 Å². The second kappa shape index (κ2) is 9.66. The maximum absolute atomic E-state index is 13.2. The highest BCUT2D eigenvalue weighted by Crippen LogP contribution is 2.40. The molecule has 2 fully saturated rings. The van der Waals surface area contributed by atoms with Crippen molar-refractivity contribution in [2.24, 2.45) is 11.8 Å². The van der Waals surface area contributed by atoms with Gasteiger partial charge in [0.1, 0.15) is 10.8 Å². The third-order valence-electron chi connectivity index (χ3n) is 6.61. The van der Waals surface area contributed by atoms with Gasteiger partial charge in [-0.3, -0.25) is 9.59 Å². The second-order valence-corrected chi connectivity index (χ2v) is 10.5. The van der Waals surface area contributed by atoms with Crippen LogP contribution < -0.4 is 26.0 Å². The lowest BCUT2D eigenvalue weighted by atomic mass is 9.91. The monoisotopic (exact) mass is 482 g/mol. The zero-order chi connectivity index (χ0) is 23.7. The number of amides is 4. The van der Waals surface area contributed by atoms with E-state index < -0.39 is 0 Å². The van der Waals surface area contributed by atoms with Crippen molar-refractivity contribution in [2.45, 2.75) is 51.0 Å². The third-order valence-corrected chi connectivity index (χ3v) is 7.82. The van der Waals surface area contributed by atoms with E-state index in [0.717, 1.165) is 49.0 Å². The molecule has 4 N–H and O–H groups in total. The van der Waals surface area contributed by atoms with Gasteiger partial charge in [-0.25, -0.2) is 4.79 Å². The third kappa shape index (κ3) is 5.19. The highest BCUT2D eigenvalue weighted by molar-refractivity contribution is 7.17. The van der Waals surface area contributed by atoms with Gasteiger partial charge >= 0.3 is 6.03 Å². The smallest absolute Gasteiger partial charge is 0.319 e. The molecule has 1 unspecified atom stereocenters. The maximum atomic E-state index is 13.2. The molecule has 9 heteroatoms. The number of nitrogens with one attached hydrogen (secondary N) is 4. The van der Waals surface area contributed by atoms with Gasteiger partial charge in [-0.1, -0.05) is 12.1 Å². The molecule has 0 aliphatic heterocycles. The molecule has 1 atom stereocenters. The quantitative estimate of drug-likeness (QED) is 0.457. The van der Waals surface area contributed by atoms with Crippen LogP contribution in [0.5, 0.6) is 5.75 Å². The molecule has 4 amide bonds. The molecule has 3 aliphatic rings. The number of carbonyl (C=O) groups excluding carboxylic acids is 3. The number of para-hydroxylation sites is 2. The van der Waals surface area contributed by atoms with Crippen LogP contribution in [-0.4, -0.2) is 37.5 Å². The summed E-state index contributed by atoms with van der Waals surface area (Å²) in [7, 11) is 1.56. The fourth-order valence-corrected chi connectivity index (χ4v) is 5.58. The topological polar surface area (TPSA) is 109 Å². The normalized spacial score (nSPS) is 19.0. The minimum atomic E-state index is -0.310. The maximum Gasteiger partial charge on any atom is 0.319 e. The summed E-state index contributed by atoms with van der Waals surface area (Å²) in [4.78, 5) is 39.4. The first kappa shape index (κ1) is 22.7. The van der Waals surface area contributed by atoms with E-state index in [1.807, 2.05) is 12.1 Å². The molecule has 0 bridgehead atoms. The lowest BCUT2D eigenvalue weighted by molar-refractivity contribution is -0.117. The Morgan fingerprint density at radius 2 is 1.85 bits per heavy atom. The lowest BCUT2D eigenvalue weighted by Crippen LogP contribution is -2.41. The van der Waals surface area contributed by atoms with Gasteiger partial charge in [-0.05, 0) is 68.6 Å². The van der Waals surface area contributed by atoms with Gasteiger partial charge in [-0.2, -0.15) is 0 Å². The molecule has 34 heavy (non-hydrogen) atoms. The molecule has 1 heterocycles. The van der Waals surface area contributed by atoms with Crippen LogP contribution in [0.1, 0.15) is 52.9 Å². The molecule has 1 aromatic heterocycles. The van der Waals surface area contributed by atoms with Crippen molar-refractivity contribution in [2.75, 3.05) is 24.3 Å². The molecule has 2 saturated carbocycles. The van der Waals surface area contributed by atoms with Gasteiger partial charge < -0.3 is 26.0 Å². The highest BCUT2D eigenvalue weighted by Gasteiger charge is 2.34. The first-order chi connectivity index (χ1) is 16.5. The van der Waals surface area contributed by atoms with Crippen molar-refractivity contribution in [1.82, 2.24) is 10.6 Å². The van der Waals surface area contributed by atoms with E-state index in [-0.39, 0.29) is 29.8 Å². The number of thiophene rings is 1. The van der Waals surface area contributed by atoms with Crippen molar-refractivity contribution in [3.8, 4) is 5.75 Å². The Kier molecular flexibility index (Phi) is 6.45. The number of aryl methyl sites for hydroxylation is 1. The Balaban J connectivity index is 1.30. The van der Waals surface area contributed by atoms with Crippen LogP contribution in [0.3, 0.4) is 0 Å². The summed E-state index contributed by atoms with van der Waals surface area (Å²) < 4.78 is 5.30. The average Bonchev–Trinajstić information content (AvgIpc) is 3.74. The van der Waals surface area contributed by atoms with Crippen molar-refractivity contribution in [3.05, 3.63) is 40.3 Å². The standard InChI is InChI=1S/C25H30N4O4S/c1-33-19-5-3-2-4-18(19)28-25(32)27-16-10-11-20-17(12-16)21(23(31)26-13-14-6-7-14)24(34-20)29-22(30)15-8-9-15/h2-5,14-16H,6-13H2,1H3,(H,26,31)(H,29,30)(H2,27,28,32). The van der Waals surface area contributed by atoms with Gasteiger partial charge in [0.2, 0.25) is 5.91 Å². The Morgan fingerprint density at radius 3 is 2.59 bits per heavy atom. The SMILES string of the molecule is COc1ccccc1NC(=O)NC1CCc2sc(NC(=O)C3CC3)c(C(=O)NCC3CC3)c2C1. The summed E-state index contributed by atoms with van der Waals surface area (Å²) in [6, 6.07) is 6.83. The predicted molar refractivity (Wildman–Crippen MR) is 132 cm³/mol. The van der Waals surface area contributed by atoms with Crippen molar-refractivity contribution in [3.63, 3.8) is 0 Å². The second-order valence-electron chi connectivity index (χ2n) is 9.36. The molecule has 0 saturated heterocycles. The van der Waals surface area contributed by atoms with Crippen LogP contribution in [0.15, 0.2) is 24.3 Å². The Morgan fingerprint density at radius 1 is 1.06 bits per heavy atom. The minimum Gasteiger partial charge on any atom is -0.495 e. The number of rotatable bonds is 8. The molecular formula is C25H30N4O4S. The van der Waals surface area contributed by atoms with Crippen LogP contribution >= 0.6 is 11.3 Å². The predicted octanol–water partition coefficient (Wildman–Crippen LogP) is 3.92.